The molecule has 0 saturated heterocycles. The van der Waals surface area contributed by atoms with Crippen molar-refractivity contribution in [2.24, 2.45) is 0 Å². The molecule has 0 aliphatic heterocycles. The summed E-state index contributed by atoms with van der Waals surface area (Å²) in [5.74, 6) is 0.170. The maximum atomic E-state index is 13.5. The van der Waals surface area contributed by atoms with Gasteiger partial charge < -0.3 is 10.6 Å². The van der Waals surface area contributed by atoms with Crippen LogP contribution < -0.4 is 10.6 Å². The third-order valence-corrected chi connectivity index (χ3v) is 5.05. The summed E-state index contributed by atoms with van der Waals surface area (Å²) in [5, 5.41) is 23.3. The van der Waals surface area contributed by atoms with E-state index in [1.165, 1.54) is 24.7 Å². The third kappa shape index (κ3) is 3.99. The highest BCUT2D eigenvalue weighted by Gasteiger charge is 2.14. The zero-order valence-corrected chi connectivity index (χ0v) is 17.0. The van der Waals surface area contributed by atoms with Crippen LogP contribution in [0.4, 0.5) is 21.5 Å². The van der Waals surface area contributed by atoms with Crippen molar-refractivity contribution >= 4 is 55.5 Å². The predicted octanol–water partition coefficient (Wildman–Crippen LogP) is 5.14. The number of nitriles is 1. The van der Waals surface area contributed by atoms with Gasteiger partial charge in [-0.05, 0) is 46.3 Å². The van der Waals surface area contributed by atoms with Crippen LogP contribution in [0.1, 0.15) is 11.4 Å². The first-order chi connectivity index (χ1) is 14.0. The number of halogens is 3. The molecule has 0 radical (unpaired) electrons. The minimum Gasteiger partial charge on any atom is -0.378 e. The van der Waals surface area contributed by atoms with E-state index >= 15 is 0 Å². The number of H-pyrrole nitrogens is 1. The van der Waals surface area contributed by atoms with Gasteiger partial charge in [-0.1, -0.05) is 11.6 Å². The van der Waals surface area contributed by atoms with Crippen LogP contribution in [0.15, 0.2) is 47.3 Å². The Balaban J connectivity index is 1.78. The van der Waals surface area contributed by atoms with Gasteiger partial charge in [0, 0.05) is 27.4 Å². The SMILES string of the molecule is N#Cc1cnc2c(Br)cc(NCc3ncn[nH]3)cc2c1Nc1ccc(F)c(Cl)c1. The summed E-state index contributed by atoms with van der Waals surface area (Å²) in [6.45, 7) is 0.444. The molecule has 2 aromatic carbocycles. The van der Waals surface area contributed by atoms with Gasteiger partial charge in [0.2, 0.25) is 0 Å². The van der Waals surface area contributed by atoms with Crippen LogP contribution in [0, 0.1) is 17.1 Å². The quantitative estimate of drug-likeness (QED) is 0.372. The Hall–Kier alpha value is -3.22. The predicted molar refractivity (Wildman–Crippen MR) is 113 cm³/mol. The number of aromatic nitrogens is 4. The molecular weight excluding hydrogens is 461 g/mol. The van der Waals surface area contributed by atoms with Crippen LogP contribution in [0.3, 0.4) is 0 Å². The van der Waals surface area contributed by atoms with Gasteiger partial charge in [-0.15, -0.1) is 0 Å². The van der Waals surface area contributed by atoms with Gasteiger partial charge in [0.15, 0.2) is 0 Å². The Bertz CT molecular complexity index is 1240. The smallest absolute Gasteiger partial charge is 0.143 e. The highest BCUT2D eigenvalue weighted by Crippen LogP contribution is 2.35. The van der Waals surface area contributed by atoms with E-state index < -0.39 is 5.82 Å². The molecule has 7 nitrogen and oxygen atoms in total. The average Bonchev–Trinajstić information content (AvgIpc) is 3.23. The number of fused-ring (bicyclic) bond motifs is 1. The van der Waals surface area contributed by atoms with Gasteiger partial charge in [-0.2, -0.15) is 10.4 Å². The summed E-state index contributed by atoms with van der Waals surface area (Å²) < 4.78 is 14.2. The molecule has 144 valence electrons. The normalized spacial score (nSPS) is 10.7. The van der Waals surface area contributed by atoms with Gasteiger partial charge in [0.1, 0.15) is 24.0 Å². The molecule has 0 saturated carbocycles. The van der Waals surface area contributed by atoms with Crippen molar-refractivity contribution in [2.75, 3.05) is 10.6 Å². The van der Waals surface area contributed by atoms with Crippen molar-refractivity contribution in [1.82, 2.24) is 20.2 Å². The molecule has 0 aliphatic rings. The minimum atomic E-state index is -0.515. The van der Waals surface area contributed by atoms with Crippen molar-refractivity contribution in [3.63, 3.8) is 0 Å². The third-order valence-electron chi connectivity index (χ3n) is 4.16. The minimum absolute atomic E-state index is 0.0116. The van der Waals surface area contributed by atoms with Crippen molar-refractivity contribution < 1.29 is 4.39 Å². The number of nitrogens with zero attached hydrogens (tertiary/aromatic N) is 4. The lowest BCUT2D eigenvalue weighted by Crippen LogP contribution is -2.03. The van der Waals surface area contributed by atoms with E-state index in [1.807, 2.05) is 12.1 Å². The fourth-order valence-corrected chi connectivity index (χ4v) is 3.54. The second-order valence-electron chi connectivity index (χ2n) is 6.05. The first-order valence-corrected chi connectivity index (χ1v) is 9.55. The molecule has 2 aromatic heterocycles. The summed E-state index contributed by atoms with van der Waals surface area (Å²) in [5.41, 5.74) is 2.90. The zero-order valence-electron chi connectivity index (χ0n) is 14.7. The zero-order chi connectivity index (χ0) is 20.4. The summed E-state index contributed by atoms with van der Waals surface area (Å²) >= 11 is 9.42. The first kappa shape index (κ1) is 19.1. The number of rotatable bonds is 5. The molecule has 0 atom stereocenters. The van der Waals surface area contributed by atoms with Crippen LogP contribution in [0.2, 0.25) is 5.02 Å². The van der Waals surface area contributed by atoms with E-state index in [4.69, 9.17) is 11.6 Å². The summed E-state index contributed by atoms with van der Waals surface area (Å²) in [7, 11) is 0. The van der Waals surface area contributed by atoms with E-state index in [0.29, 0.717) is 40.2 Å². The van der Waals surface area contributed by atoms with Crippen LogP contribution >= 0.6 is 27.5 Å². The van der Waals surface area contributed by atoms with Gasteiger partial charge in [0.25, 0.3) is 0 Å². The summed E-state index contributed by atoms with van der Waals surface area (Å²) in [6.07, 6.45) is 2.93. The number of nitrogens with one attached hydrogen (secondary N) is 3. The van der Waals surface area contributed by atoms with Crippen molar-refractivity contribution in [2.45, 2.75) is 6.54 Å². The van der Waals surface area contributed by atoms with Gasteiger partial charge >= 0.3 is 0 Å². The summed E-state index contributed by atoms with van der Waals surface area (Å²) in [6, 6.07) is 10.2. The lowest BCUT2D eigenvalue weighted by Gasteiger charge is -2.14. The fraction of sp³-hybridized carbons (Fsp3) is 0.0526. The molecule has 4 rings (SSSR count). The topological polar surface area (TPSA) is 102 Å². The number of anilines is 3. The number of benzene rings is 2. The molecule has 10 heteroatoms. The Morgan fingerprint density at radius 3 is 2.79 bits per heavy atom. The lowest BCUT2D eigenvalue weighted by atomic mass is 10.1. The maximum Gasteiger partial charge on any atom is 0.143 e. The average molecular weight is 473 g/mol. The second-order valence-corrected chi connectivity index (χ2v) is 7.31. The number of aromatic amines is 1. The van der Waals surface area contributed by atoms with Crippen molar-refractivity contribution in [3.05, 3.63) is 69.6 Å². The van der Waals surface area contributed by atoms with E-state index in [2.05, 4.69) is 52.8 Å². The Kier molecular flexibility index (Phi) is 5.29. The van der Waals surface area contributed by atoms with Crippen molar-refractivity contribution in [1.29, 1.82) is 5.26 Å². The highest BCUT2D eigenvalue weighted by atomic mass is 79.9. The maximum absolute atomic E-state index is 13.5. The van der Waals surface area contributed by atoms with Crippen LogP contribution in [0.5, 0.6) is 0 Å². The molecule has 0 unspecified atom stereocenters. The van der Waals surface area contributed by atoms with Crippen molar-refractivity contribution in [3.8, 4) is 6.07 Å². The molecule has 4 aromatic rings. The molecule has 0 bridgehead atoms. The first-order valence-electron chi connectivity index (χ1n) is 8.37. The van der Waals surface area contributed by atoms with Gasteiger partial charge in [-0.25, -0.2) is 9.37 Å². The van der Waals surface area contributed by atoms with Gasteiger partial charge in [0.05, 0.1) is 28.3 Å². The number of pyridine rings is 1. The standard InChI is InChI=1S/C19H12BrClFN7/c20-14-4-12(24-8-17-26-9-27-29-17)3-13-18(10(6-23)7-25-19(13)14)28-11-1-2-16(22)15(21)5-11/h1-5,7,9,24H,8H2,(H,25,28)(H,26,27,29). The second kappa shape index (κ2) is 8.03. The van der Waals surface area contributed by atoms with Crippen LogP contribution in [-0.4, -0.2) is 20.2 Å². The largest absolute Gasteiger partial charge is 0.378 e. The van der Waals surface area contributed by atoms with E-state index in [9.17, 15) is 9.65 Å². The fourth-order valence-electron chi connectivity index (χ4n) is 2.80. The molecule has 0 spiro atoms. The number of hydrogen-bond acceptors (Lipinski definition) is 6. The lowest BCUT2D eigenvalue weighted by molar-refractivity contribution is 0.628. The van der Waals surface area contributed by atoms with E-state index in [0.717, 1.165) is 10.2 Å². The Morgan fingerprint density at radius 2 is 2.07 bits per heavy atom. The molecule has 2 heterocycles. The Morgan fingerprint density at radius 1 is 1.21 bits per heavy atom. The van der Waals surface area contributed by atoms with Gasteiger partial charge in [-0.3, -0.25) is 10.1 Å². The molecule has 0 fully saturated rings. The van der Waals surface area contributed by atoms with Crippen LogP contribution in [0.25, 0.3) is 10.9 Å². The molecular formula is C19H12BrClFN7. The molecule has 29 heavy (non-hydrogen) atoms. The Labute approximate surface area is 178 Å². The monoisotopic (exact) mass is 471 g/mol. The summed E-state index contributed by atoms with van der Waals surface area (Å²) in [4.78, 5) is 8.47. The molecule has 3 N–H and O–H groups in total. The highest BCUT2D eigenvalue weighted by molar-refractivity contribution is 9.10. The molecule has 0 amide bonds. The van der Waals surface area contributed by atoms with Crippen LogP contribution in [-0.2, 0) is 6.54 Å². The van der Waals surface area contributed by atoms with E-state index in [1.54, 1.807) is 6.07 Å². The molecule has 0 aliphatic carbocycles. The van der Waals surface area contributed by atoms with E-state index in [-0.39, 0.29) is 5.02 Å². The number of hydrogen-bond donors (Lipinski definition) is 3.